The molecular formula is C19H17F3N4O2. The molecule has 0 spiro atoms. The van der Waals surface area contributed by atoms with Crippen molar-refractivity contribution in [2.24, 2.45) is 0 Å². The molecule has 2 N–H and O–H groups in total. The van der Waals surface area contributed by atoms with Crippen molar-refractivity contribution in [2.75, 3.05) is 0 Å². The zero-order chi connectivity index (χ0) is 20.3. The summed E-state index contributed by atoms with van der Waals surface area (Å²) < 4.78 is 41.2. The summed E-state index contributed by atoms with van der Waals surface area (Å²) in [4.78, 5) is 19.0. The van der Waals surface area contributed by atoms with Crippen molar-refractivity contribution in [1.29, 1.82) is 0 Å². The highest BCUT2D eigenvalue weighted by molar-refractivity contribution is 5.82. The van der Waals surface area contributed by atoms with Crippen molar-refractivity contribution in [2.45, 2.75) is 38.0 Å². The van der Waals surface area contributed by atoms with Gasteiger partial charge in [0.1, 0.15) is 16.9 Å². The Kier molecular flexibility index (Phi) is 3.97. The van der Waals surface area contributed by atoms with Crippen molar-refractivity contribution in [3.05, 3.63) is 63.8 Å². The van der Waals surface area contributed by atoms with Gasteiger partial charge in [0.25, 0.3) is 5.56 Å². The number of fused-ring (bicyclic) bond motifs is 1. The monoisotopic (exact) mass is 390 g/mol. The van der Waals surface area contributed by atoms with Crippen molar-refractivity contribution in [3.63, 3.8) is 0 Å². The molecule has 1 aliphatic carbocycles. The highest BCUT2D eigenvalue weighted by atomic mass is 19.4. The van der Waals surface area contributed by atoms with Gasteiger partial charge in [-0.3, -0.25) is 4.79 Å². The maximum Gasteiger partial charge on any atom is 0.398 e. The van der Waals surface area contributed by atoms with Gasteiger partial charge >= 0.3 is 6.18 Å². The first-order valence-corrected chi connectivity index (χ1v) is 8.64. The molecule has 0 atom stereocenters. The van der Waals surface area contributed by atoms with Gasteiger partial charge in [-0.2, -0.15) is 18.3 Å². The standard InChI is InChI=1S/C19H17F3N4O2/c1-10(12-3-5-13(6-4-12)18(7-8-18)19(20,21)22)26-16-15(14(9-27)25-26)17(28)24-11(2)23-16/h3-6,27H,1,7-9H2,2H3,(H,23,24,28). The average molecular weight is 390 g/mol. The maximum absolute atomic E-state index is 13.3. The molecule has 0 saturated heterocycles. The minimum Gasteiger partial charge on any atom is -0.390 e. The number of aryl methyl sites for hydroxylation is 1. The molecule has 28 heavy (non-hydrogen) atoms. The molecule has 3 aromatic rings. The number of rotatable bonds is 4. The van der Waals surface area contributed by atoms with Crippen LogP contribution in [0.15, 0.2) is 35.6 Å². The van der Waals surface area contributed by atoms with Crippen molar-refractivity contribution in [1.82, 2.24) is 19.7 Å². The molecular weight excluding hydrogens is 373 g/mol. The van der Waals surface area contributed by atoms with Gasteiger partial charge < -0.3 is 10.1 Å². The molecule has 0 amide bonds. The number of halogens is 3. The summed E-state index contributed by atoms with van der Waals surface area (Å²) in [7, 11) is 0. The normalized spacial score (nSPS) is 15.8. The highest BCUT2D eigenvalue weighted by Crippen LogP contribution is 2.58. The zero-order valence-corrected chi connectivity index (χ0v) is 15.0. The van der Waals surface area contributed by atoms with E-state index in [2.05, 4.69) is 21.6 Å². The van der Waals surface area contributed by atoms with Gasteiger partial charge in [0.2, 0.25) is 0 Å². The number of H-pyrrole nitrogens is 1. The summed E-state index contributed by atoms with van der Waals surface area (Å²) in [5, 5.41) is 13.9. The fraction of sp³-hybridized carbons (Fsp3) is 0.316. The van der Waals surface area contributed by atoms with Crippen LogP contribution in [0, 0.1) is 6.92 Å². The second-order valence-corrected chi connectivity index (χ2v) is 6.97. The van der Waals surface area contributed by atoms with Crippen LogP contribution in [-0.2, 0) is 12.0 Å². The van der Waals surface area contributed by atoms with Gasteiger partial charge in [-0.25, -0.2) is 9.67 Å². The van der Waals surface area contributed by atoms with Crippen LogP contribution < -0.4 is 5.56 Å². The second kappa shape index (κ2) is 6.03. The third-order valence-electron chi connectivity index (χ3n) is 5.20. The van der Waals surface area contributed by atoms with Crippen LogP contribution in [0.4, 0.5) is 13.2 Å². The molecule has 0 bridgehead atoms. The van der Waals surface area contributed by atoms with E-state index in [-0.39, 0.29) is 35.1 Å². The number of hydrogen-bond acceptors (Lipinski definition) is 4. The SMILES string of the molecule is C=C(c1ccc(C2(C(F)(F)F)CC2)cc1)n1nc(CO)c2c(=O)[nH]c(C)nc21. The summed E-state index contributed by atoms with van der Waals surface area (Å²) in [6.07, 6.45) is -4.10. The minimum atomic E-state index is -4.28. The number of nitrogens with zero attached hydrogens (tertiary/aromatic N) is 3. The molecule has 2 aromatic heterocycles. The van der Waals surface area contributed by atoms with Gasteiger partial charge in [-0.05, 0) is 30.9 Å². The van der Waals surface area contributed by atoms with Crippen LogP contribution >= 0.6 is 0 Å². The van der Waals surface area contributed by atoms with Crippen molar-refractivity contribution >= 4 is 16.7 Å². The smallest absolute Gasteiger partial charge is 0.390 e. The zero-order valence-electron chi connectivity index (χ0n) is 15.0. The average Bonchev–Trinajstić information content (AvgIpc) is 3.38. The molecule has 0 unspecified atom stereocenters. The summed E-state index contributed by atoms with van der Waals surface area (Å²) in [5.74, 6) is 0.368. The molecule has 6 nitrogen and oxygen atoms in total. The van der Waals surface area contributed by atoms with Gasteiger partial charge in [0, 0.05) is 0 Å². The van der Waals surface area contributed by atoms with Crippen LogP contribution in [0.1, 0.15) is 35.5 Å². The van der Waals surface area contributed by atoms with E-state index in [9.17, 15) is 23.1 Å². The Morgan fingerprint density at radius 3 is 2.50 bits per heavy atom. The molecule has 1 aromatic carbocycles. The molecule has 1 saturated carbocycles. The first-order chi connectivity index (χ1) is 13.2. The summed E-state index contributed by atoms with van der Waals surface area (Å²) >= 11 is 0. The minimum absolute atomic E-state index is 0.0897. The number of hydrogen-bond donors (Lipinski definition) is 2. The Morgan fingerprint density at radius 2 is 1.96 bits per heavy atom. The van der Waals surface area contributed by atoms with E-state index in [1.807, 2.05) is 0 Å². The lowest BCUT2D eigenvalue weighted by Crippen LogP contribution is -2.28. The molecule has 0 radical (unpaired) electrons. The number of benzene rings is 1. The van der Waals surface area contributed by atoms with Gasteiger partial charge in [0.05, 0.1) is 17.7 Å². The van der Waals surface area contributed by atoms with E-state index in [4.69, 9.17) is 0 Å². The fourth-order valence-corrected chi connectivity index (χ4v) is 3.47. The van der Waals surface area contributed by atoms with Gasteiger partial charge in [0.15, 0.2) is 5.65 Å². The second-order valence-electron chi connectivity index (χ2n) is 6.97. The van der Waals surface area contributed by atoms with E-state index in [0.29, 0.717) is 17.1 Å². The number of nitrogens with one attached hydrogen (secondary N) is 1. The Hall–Kier alpha value is -2.94. The number of aromatic amines is 1. The van der Waals surface area contributed by atoms with Gasteiger partial charge in [-0.15, -0.1) is 0 Å². The molecule has 146 valence electrons. The third-order valence-corrected chi connectivity index (χ3v) is 5.20. The first-order valence-electron chi connectivity index (χ1n) is 8.64. The number of aliphatic hydroxyl groups excluding tert-OH is 1. The quantitative estimate of drug-likeness (QED) is 0.717. The number of aromatic nitrogens is 4. The summed E-state index contributed by atoms with van der Waals surface area (Å²) in [6, 6.07) is 6.00. The highest BCUT2D eigenvalue weighted by Gasteiger charge is 2.64. The molecule has 0 aliphatic heterocycles. The van der Waals surface area contributed by atoms with Crippen LogP contribution in [0.25, 0.3) is 16.7 Å². The van der Waals surface area contributed by atoms with E-state index in [1.165, 1.54) is 16.8 Å². The predicted molar refractivity (Wildman–Crippen MR) is 96.6 cm³/mol. The lowest BCUT2D eigenvalue weighted by molar-refractivity contribution is -0.160. The summed E-state index contributed by atoms with van der Waals surface area (Å²) in [6.45, 7) is 5.10. The van der Waals surface area contributed by atoms with Crippen LogP contribution in [-0.4, -0.2) is 31.0 Å². The van der Waals surface area contributed by atoms with Crippen LogP contribution in [0.2, 0.25) is 0 Å². The fourth-order valence-electron chi connectivity index (χ4n) is 3.47. The lowest BCUT2D eigenvalue weighted by atomic mass is 9.94. The largest absolute Gasteiger partial charge is 0.398 e. The van der Waals surface area contributed by atoms with Crippen LogP contribution in [0.5, 0.6) is 0 Å². The third kappa shape index (κ3) is 2.65. The van der Waals surface area contributed by atoms with E-state index < -0.39 is 23.8 Å². The van der Waals surface area contributed by atoms with E-state index >= 15 is 0 Å². The molecule has 1 aliphatic rings. The number of aliphatic hydroxyl groups is 1. The Labute approximate surface area is 157 Å². The predicted octanol–water partition coefficient (Wildman–Crippen LogP) is 3.03. The van der Waals surface area contributed by atoms with E-state index in [1.54, 1.807) is 19.1 Å². The molecule has 2 heterocycles. The van der Waals surface area contributed by atoms with Crippen molar-refractivity contribution < 1.29 is 18.3 Å². The van der Waals surface area contributed by atoms with Gasteiger partial charge in [-0.1, -0.05) is 30.8 Å². The van der Waals surface area contributed by atoms with Crippen LogP contribution in [0.3, 0.4) is 0 Å². The molecule has 4 rings (SSSR count). The maximum atomic E-state index is 13.3. The lowest BCUT2D eigenvalue weighted by Gasteiger charge is -2.20. The Morgan fingerprint density at radius 1 is 1.32 bits per heavy atom. The summed E-state index contributed by atoms with van der Waals surface area (Å²) in [5.41, 5.74) is -0.698. The topological polar surface area (TPSA) is 83.8 Å². The Bertz CT molecular complexity index is 1140. The van der Waals surface area contributed by atoms with E-state index in [0.717, 1.165) is 0 Å². The Balaban J connectivity index is 1.76. The molecule has 9 heteroatoms. The first kappa shape index (κ1) is 18.4. The number of alkyl halides is 3. The van der Waals surface area contributed by atoms with Crippen molar-refractivity contribution in [3.8, 4) is 0 Å². The molecule has 1 fully saturated rings.